The van der Waals surface area contributed by atoms with Crippen LogP contribution in [0.5, 0.6) is 0 Å². The van der Waals surface area contributed by atoms with E-state index in [0.29, 0.717) is 0 Å². The highest BCUT2D eigenvalue weighted by Gasteiger charge is 2.37. The van der Waals surface area contributed by atoms with Crippen LogP contribution in [0, 0.1) is 15.9 Å². The van der Waals surface area contributed by atoms with E-state index >= 15 is 0 Å². The number of anilines is 1. The molecule has 2 rings (SSSR count). The summed E-state index contributed by atoms with van der Waals surface area (Å²) in [7, 11) is 0. The summed E-state index contributed by atoms with van der Waals surface area (Å²) < 4.78 is 13.5. The van der Waals surface area contributed by atoms with Crippen LogP contribution < -0.4 is 5.32 Å². The van der Waals surface area contributed by atoms with Crippen LogP contribution in [-0.4, -0.2) is 22.2 Å². The van der Waals surface area contributed by atoms with Crippen molar-refractivity contribution in [1.29, 1.82) is 0 Å². The van der Waals surface area contributed by atoms with Crippen molar-refractivity contribution in [3.63, 3.8) is 0 Å². The van der Waals surface area contributed by atoms with Gasteiger partial charge in [0.1, 0.15) is 11.5 Å². The van der Waals surface area contributed by atoms with Crippen LogP contribution in [0.4, 0.5) is 15.8 Å². The molecule has 1 aromatic rings. The summed E-state index contributed by atoms with van der Waals surface area (Å²) in [6.45, 7) is -0.123. The Morgan fingerprint density at radius 1 is 1.56 bits per heavy atom. The molecule has 0 aliphatic heterocycles. The third-order valence-electron chi connectivity index (χ3n) is 3.25. The molecule has 7 heteroatoms. The average molecular weight is 319 g/mol. The molecule has 0 aromatic heterocycles. The molecule has 1 aliphatic rings. The summed E-state index contributed by atoms with van der Waals surface area (Å²) in [5, 5.41) is 23.1. The fourth-order valence-electron chi connectivity index (χ4n) is 2.00. The number of benzene rings is 1. The zero-order chi connectivity index (χ0) is 13.3. The summed E-state index contributed by atoms with van der Waals surface area (Å²) in [5.74, 6) is -0.574. The van der Waals surface area contributed by atoms with Crippen LogP contribution in [0.1, 0.15) is 19.3 Å². The standard InChI is InChI=1S/C11H12BrFN2O3/c12-7-4-10(15(17)18)9(5-8(7)13)14-11(6-16)2-1-3-11/h4-5,14,16H,1-3,6H2. The maximum Gasteiger partial charge on any atom is 0.293 e. The van der Waals surface area contributed by atoms with Gasteiger partial charge in [-0.25, -0.2) is 4.39 Å². The number of nitrogens with one attached hydrogen (secondary N) is 1. The van der Waals surface area contributed by atoms with Gasteiger partial charge in [-0.15, -0.1) is 0 Å². The summed E-state index contributed by atoms with van der Waals surface area (Å²) in [6, 6.07) is 2.21. The van der Waals surface area contributed by atoms with E-state index in [9.17, 15) is 19.6 Å². The van der Waals surface area contributed by atoms with Crippen LogP contribution in [0.3, 0.4) is 0 Å². The van der Waals surface area contributed by atoms with Crippen molar-refractivity contribution < 1.29 is 14.4 Å². The van der Waals surface area contributed by atoms with E-state index in [-0.39, 0.29) is 22.5 Å². The van der Waals surface area contributed by atoms with Gasteiger partial charge >= 0.3 is 0 Å². The number of nitro benzene ring substituents is 1. The van der Waals surface area contributed by atoms with Crippen molar-refractivity contribution in [2.75, 3.05) is 11.9 Å². The van der Waals surface area contributed by atoms with Crippen molar-refractivity contribution in [2.45, 2.75) is 24.8 Å². The largest absolute Gasteiger partial charge is 0.394 e. The lowest BCUT2D eigenvalue weighted by Gasteiger charge is -2.41. The quantitative estimate of drug-likeness (QED) is 0.661. The highest BCUT2D eigenvalue weighted by Crippen LogP contribution is 2.39. The first-order chi connectivity index (χ1) is 8.47. The van der Waals surface area contributed by atoms with Gasteiger partial charge in [0.05, 0.1) is 21.5 Å². The Hall–Kier alpha value is -1.21. The van der Waals surface area contributed by atoms with E-state index < -0.39 is 16.3 Å². The van der Waals surface area contributed by atoms with E-state index in [0.717, 1.165) is 31.4 Å². The molecule has 0 spiro atoms. The van der Waals surface area contributed by atoms with Crippen LogP contribution in [0.2, 0.25) is 0 Å². The fraction of sp³-hybridized carbons (Fsp3) is 0.455. The van der Waals surface area contributed by atoms with Crippen LogP contribution in [0.15, 0.2) is 16.6 Å². The van der Waals surface area contributed by atoms with Crippen molar-refractivity contribution >= 4 is 27.3 Å². The summed E-state index contributed by atoms with van der Waals surface area (Å²) in [4.78, 5) is 10.4. The predicted octanol–water partition coefficient (Wildman–Crippen LogP) is 2.82. The Morgan fingerprint density at radius 3 is 2.67 bits per heavy atom. The van der Waals surface area contributed by atoms with Crippen molar-refractivity contribution in [3.8, 4) is 0 Å². The molecule has 2 N–H and O–H groups in total. The van der Waals surface area contributed by atoms with Crippen LogP contribution >= 0.6 is 15.9 Å². The number of aliphatic hydroxyl groups is 1. The maximum absolute atomic E-state index is 13.5. The molecule has 18 heavy (non-hydrogen) atoms. The van der Waals surface area contributed by atoms with E-state index in [2.05, 4.69) is 21.2 Å². The molecular formula is C11H12BrFN2O3. The monoisotopic (exact) mass is 318 g/mol. The smallest absolute Gasteiger partial charge is 0.293 e. The lowest BCUT2D eigenvalue weighted by molar-refractivity contribution is -0.384. The average Bonchev–Trinajstić information content (AvgIpc) is 2.27. The van der Waals surface area contributed by atoms with E-state index in [4.69, 9.17) is 0 Å². The van der Waals surface area contributed by atoms with Gasteiger partial charge in [0.25, 0.3) is 5.69 Å². The van der Waals surface area contributed by atoms with Gasteiger partial charge in [0, 0.05) is 12.1 Å². The number of nitro groups is 1. The summed E-state index contributed by atoms with van der Waals surface area (Å²) in [6.07, 6.45) is 2.39. The van der Waals surface area contributed by atoms with Crippen molar-refractivity contribution in [2.24, 2.45) is 0 Å². The minimum absolute atomic E-state index is 0.0476. The Balaban J connectivity index is 2.36. The molecule has 0 atom stereocenters. The topological polar surface area (TPSA) is 75.4 Å². The lowest BCUT2D eigenvalue weighted by atomic mass is 9.77. The first-order valence-electron chi connectivity index (χ1n) is 5.50. The van der Waals surface area contributed by atoms with Crippen LogP contribution in [0.25, 0.3) is 0 Å². The van der Waals surface area contributed by atoms with Gasteiger partial charge < -0.3 is 10.4 Å². The lowest BCUT2D eigenvalue weighted by Crippen LogP contribution is -2.48. The van der Waals surface area contributed by atoms with E-state index in [1.54, 1.807) is 0 Å². The third-order valence-corrected chi connectivity index (χ3v) is 3.86. The third kappa shape index (κ3) is 2.32. The van der Waals surface area contributed by atoms with E-state index in [1.165, 1.54) is 0 Å². The summed E-state index contributed by atoms with van der Waals surface area (Å²) in [5.41, 5.74) is -0.650. The molecule has 1 aromatic carbocycles. The van der Waals surface area contributed by atoms with Crippen molar-refractivity contribution in [1.82, 2.24) is 0 Å². The van der Waals surface area contributed by atoms with Crippen molar-refractivity contribution in [3.05, 3.63) is 32.5 Å². The molecule has 0 amide bonds. The molecule has 98 valence electrons. The first-order valence-corrected chi connectivity index (χ1v) is 6.29. The zero-order valence-electron chi connectivity index (χ0n) is 9.45. The minimum atomic E-state index is -0.574. The molecule has 1 fully saturated rings. The van der Waals surface area contributed by atoms with Gasteiger partial charge in [-0.2, -0.15) is 0 Å². The van der Waals surface area contributed by atoms with E-state index in [1.807, 2.05) is 0 Å². The molecule has 1 saturated carbocycles. The Kier molecular flexibility index (Phi) is 3.54. The predicted molar refractivity (Wildman–Crippen MR) is 68.0 cm³/mol. The van der Waals surface area contributed by atoms with Gasteiger partial charge in [0.2, 0.25) is 0 Å². The molecule has 0 radical (unpaired) electrons. The number of rotatable bonds is 4. The minimum Gasteiger partial charge on any atom is -0.394 e. The molecule has 0 bridgehead atoms. The molecule has 0 saturated heterocycles. The van der Waals surface area contributed by atoms with Gasteiger partial charge in [-0.05, 0) is 35.2 Å². The Bertz CT molecular complexity index is 486. The second-order valence-corrected chi connectivity index (χ2v) is 5.31. The highest BCUT2D eigenvalue weighted by atomic mass is 79.9. The fourth-order valence-corrected chi connectivity index (χ4v) is 2.33. The number of hydrogen-bond acceptors (Lipinski definition) is 4. The number of halogens is 2. The number of aliphatic hydroxyl groups excluding tert-OH is 1. The number of nitrogens with zero attached hydrogens (tertiary/aromatic N) is 1. The molecule has 1 aliphatic carbocycles. The Labute approximate surface area is 111 Å². The highest BCUT2D eigenvalue weighted by molar-refractivity contribution is 9.10. The number of hydrogen-bond donors (Lipinski definition) is 2. The van der Waals surface area contributed by atoms with Crippen LogP contribution in [-0.2, 0) is 0 Å². The Morgan fingerprint density at radius 2 is 2.22 bits per heavy atom. The van der Waals surface area contributed by atoms with Gasteiger partial charge in [0.15, 0.2) is 0 Å². The van der Waals surface area contributed by atoms with Gasteiger partial charge in [-0.1, -0.05) is 0 Å². The SMILES string of the molecule is O=[N+]([O-])c1cc(Br)c(F)cc1NC1(CO)CCC1. The summed E-state index contributed by atoms with van der Waals surface area (Å²) >= 11 is 2.92. The first kappa shape index (κ1) is 13.2. The second-order valence-electron chi connectivity index (χ2n) is 4.46. The van der Waals surface area contributed by atoms with Gasteiger partial charge in [-0.3, -0.25) is 10.1 Å². The second kappa shape index (κ2) is 4.81. The molecular weight excluding hydrogens is 307 g/mol. The molecule has 5 nitrogen and oxygen atoms in total. The normalized spacial score (nSPS) is 17.1. The zero-order valence-corrected chi connectivity index (χ0v) is 11.0. The maximum atomic E-state index is 13.5. The molecule has 0 heterocycles. The molecule has 0 unspecified atom stereocenters.